The smallest absolute Gasteiger partial charge is 0.307 e. The molecule has 2 rings (SSSR count). The summed E-state index contributed by atoms with van der Waals surface area (Å²) in [6.07, 6.45) is 3.80. The Kier molecular flexibility index (Phi) is 5.94. The Hall–Kier alpha value is -1.95. The molecule has 24 heavy (non-hydrogen) atoms. The van der Waals surface area contributed by atoms with Gasteiger partial charge in [0.1, 0.15) is 0 Å². The van der Waals surface area contributed by atoms with Gasteiger partial charge in [-0.3, -0.25) is 14.6 Å². The summed E-state index contributed by atoms with van der Waals surface area (Å²) >= 11 is 0. The zero-order valence-corrected chi connectivity index (χ0v) is 14.7. The van der Waals surface area contributed by atoms with E-state index in [1.54, 1.807) is 12.4 Å². The van der Waals surface area contributed by atoms with Crippen molar-refractivity contribution >= 4 is 11.9 Å². The molecule has 0 aliphatic carbocycles. The maximum absolute atomic E-state index is 12.5. The molecule has 6 nitrogen and oxygen atoms in total. The Morgan fingerprint density at radius 1 is 1.33 bits per heavy atom. The van der Waals surface area contributed by atoms with Crippen molar-refractivity contribution in [3.63, 3.8) is 0 Å². The summed E-state index contributed by atoms with van der Waals surface area (Å²) in [4.78, 5) is 30.1. The van der Waals surface area contributed by atoms with Gasteiger partial charge in [-0.05, 0) is 23.5 Å². The Labute approximate surface area is 143 Å². The second-order valence-electron chi connectivity index (χ2n) is 7.80. The molecule has 6 heteroatoms. The molecule has 0 radical (unpaired) electrons. The fourth-order valence-electron chi connectivity index (χ4n) is 3.20. The van der Waals surface area contributed by atoms with E-state index >= 15 is 0 Å². The van der Waals surface area contributed by atoms with Crippen molar-refractivity contribution in [2.24, 2.45) is 17.3 Å². The molecule has 0 saturated carbocycles. The van der Waals surface area contributed by atoms with Crippen LogP contribution in [0.25, 0.3) is 0 Å². The number of hydrogen-bond acceptors (Lipinski definition) is 4. The number of carboxylic acids is 1. The molecule has 1 aliphatic rings. The van der Waals surface area contributed by atoms with Crippen LogP contribution in [0.2, 0.25) is 0 Å². The average Bonchev–Trinajstić information content (AvgIpc) is 2.51. The second-order valence-corrected chi connectivity index (χ2v) is 7.80. The van der Waals surface area contributed by atoms with E-state index < -0.39 is 11.9 Å². The molecule has 1 fully saturated rings. The molecule has 1 saturated heterocycles. The topological polar surface area (TPSA) is 82.5 Å². The van der Waals surface area contributed by atoms with Gasteiger partial charge in [0.15, 0.2) is 0 Å². The molecule has 1 aromatic heterocycles. The second kappa shape index (κ2) is 7.75. The first-order valence-electron chi connectivity index (χ1n) is 8.36. The number of pyridine rings is 1. The van der Waals surface area contributed by atoms with Gasteiger partial charge >= 0.3 is 5.97 Å². The average molecular weight is 333 g/mol. The largest absolute Gasteiger partial charge is 0.481 e. The number of carbonyl (C=O) groups is 2. The van der Waals surface area contributed by atoms with Crippen molar-refractivity contribution in [2.45, 2.75) is 33.7 Å². The minimum atomic E-state index is -0.821. The molecule has 1 amide bonds. The summed E-state index contributed by atoms with van der Waals surface area (Å²) in [7, 11) is 0. The third-order valence-corrected chi connectivity index (χ3v) is 4.13. The fourth-order valence-corrected chi connectivity index (χ4v) is 3.20. The van der Waals surface area contributed by atoms with Crippen molar-refractivity contribution in [1.82, 2.24) is 15.2 Å². The molecule has 0 bridgehead atoms. The van der Waals surface area contributed by atoms with Crippen molar-refractivity contribution < 1.29 is 14.7 Å². The third kappa shape index (κ3) is 5.60. The minimum absolute atomic E-state index is 0.0666. The molecule has 1 aliphatic heterocycles. The van der Waals surface area contributed by atoms with Gasteiger partial charge in [-0.15, -0.1) is 0 Å². The van der Waals surface area contributed by atoms with Crippen LogP contribution in [0.1, 0.15) is 32.8 Å². The number of nitrogens with one attached hydrogen (secondary N) is 1. The molecular formula is C18H27N3O3. The molecule has 0 unspecified atom stereocenters. The van der Waals surface area contributed by atoms with Crippen LogP contribution >= 0.6 is 0 Å². The standard InChI is InChI=1S/C18H27N3O3/c1-18(2,3)12-21-10-14(7-15(11-21)17(23)24)16(22)20-9-13-5-4-6-19-8-13/h4-6,8,14-15H,7,9-12H2,1-3H3,(H,20,22)(H,23,24)/t14-,15-/m0/s1. The number of aromatic nitrogens is 1. The molecule has 0 aromatic carbocycles. The maximum Gasteiger partial charge on any atom is 0.307 e. The normalized spacial score (nSPS) is 22.1. The van der Waals surface area contributed by atoms with E-state index in [-0.39, 0.29) is 17.2 Å². The third-order valence-electron chi connectivity index (χ3n) is 4.13. The lowest BCUT2D eigenvalue weighted by Gasteiger charge is -2.38. The predicted molar refractivity (Wildman–Crippen MR) is 91.2 cm³/mol. The van der Waals surface area contributed by atoms with Crippen LogP contribution < -0.4 is 5.32 Å². The highest BCUT2D eigenvalue weighted by Crippen LogP contribution is 2.26. The molecule has 0 spiro atoms. The van der Waals surface area contributed by atoms with Crippen LogP contribution in [0, 0.1) is 17.3 Å². The lowest BCUT2D eigenvalue weighted by molar-refractivity contribution is -0.145. The predicted octanol–water partition coefficient (Wildman–Crippen LogP) is 1.77. The Bertz CT molecular complexity index is 569. The van der Waals surface area contributed by atoms with Crippen LogP contribution in [-0.4, -0.2) is 46.5 Å². The number of likely N-dealkylation sites (tertiary alicyclic amines) is 1. The number of piperidine rings is 1. The van der Waals surface area contributed by atoms with Gasteiger partial charge in [0, 0.05) is 38.6 Å². The van der Waals surface area contributed by atoms with Crippen LogP contribution in [0.15, 0.2) is 24.5 Å². The fraction of sp³-hybridized carbons (Fsp3) is 0.611. The number of amides is 1. The summed E-state index contributed by atoms with van der Waals surface area (Å²) in [6, 6.07) is 3.73. The first kappa shape index (κ1) is 18.4. The maximum atomic E-state index is 12.5. The SMILES string of the molecule is CC(C)(C)CN1C[C@@H](C(=O)O)C[C@H](C(=O)NCc2cccnc2)C1. The van der Waals surface area contributed by atoms with Crippen LogP contribution in [-0.2, 0) is 16.1 Å². The van der Waals surface area contributed by atoms with Gasteiger partial charge in [0.2, 0.25) is 5.91 Å². The number of rotatable bonds is 5. The summed E-state index contributed by atoms with van der Waals surface area (Å²) in [5.41, 5.74) is 1.000. The number of carbonyl (C=O) groups excluding carboxylic acids is 1. The van der Waals surface area contributed by atoms with Crippen LogP contribution in [0.3, 0.4) is 0 Å². The zero-order chi connectivity index (χ0) is 17.7. The Morgan fingerprint density at radius 3 is 2.62 bits per heavy atom. The molecule has 2 N–H and O–H groups in total. The van der Waals surface area contributed by atoms with E-state index in [4.69, 9.17) is 0 Å². The molecule has 1 aromatic rings. The summed E-state index contributed by atoms with van der Waals surface area (Å²) in [5, 5.41) is 12.3. The minimum Gasteiger partial charge on any atom is -0.481 e. The van der Waals surface area contributed by atoms with E-state index in [0.717, 1.165) is 12.1 Å². The highest BCUT2D eigenvalue weighted by Gasteiger charge is 2.36. The first-order valence-corrected chi connectivity index (χ1v) is 8.36. The number of hydrogen-bond donors (Lipinski definition) is 2. The number of nitrogens with zero attached hydrogens (tertiary/aromatic N) is 2. The van der Waals surface area contributed by atoms with E-state index in [1.165, 1.54) is 0 Å². The highest BCUT2D eigenvalue weighted by molar-refractivity contribution is 5.80. The van der Waals surface area contributed by atoms with Gasteiger partial charge in [-0.2, -0.15) is 0 Å². The zero-order valence-electron chi connectivity index (χ0n) is 14.7. The van der Waals surface area contributed by atoms with Crippen LogP contribution in [0.4, 0.5) is 0 Å². The van der Waals surface area contributed by atoms with Crippen LogP contribution in [0.5, 0.6) is 0 Å². The Balaban J connectivity index is 1.98. The molecular weight excluding hydrogens is 306 g/mol. The lowest BCUT2D eigenvalue weighted by Crippen LogP contribution is -2.50. The van der Waals surface area contributed by atoms with E-state index in [0.29, 0.717) is 26.1 Å². The summed E-state index contributed by atoms with van der Waals surface area (Å²) < 4.78 is 0. The van der Waals surface area contributed by atoms with Crippen molar-refractivity contribution in [1.29, 1.82) is 0 Å². The van der Waals surface area contributed by atoms with Gasteiger partial charge in [0.25, 0.3) is 0 Å². The summed E-state index contributed by atoms with van der Waals surface area (Å²) in [5.74, 6) is -1.68. The molecule has 132 valence electrons. The van der Waals surface area contributed by atoms with Crippen molar-refractivity contribution in [2.75, 3.05) is 19.6 Å². The van der Waals surface area contributed by atoms with E-state index in [2.05, 4.69) is 36.0 Å². The van der Waals surface area contributed by atoms with Crippen molar-refractivity contribution in [3.8, 4) is 0 Å². The van der Waals surface area contributed by atoms with E-state index in [1.807, 2.05) is 12.1 Å². The van der Waals surface area contributed by atoms with Gasteiger partial charge in [-0.1, -0.05) is 26.8 Å². The van der Waals surface area contributed by atoms with Crippen molar-refractivity contribution in [3.05, 3.63) is 30.1 Å². The quantitative estimate of drug-likeness (QED) is 0.858. The molecule has 2 heterocycles. The van der Waals surface area contributed by atoms with Gasteiger partial charge < -0.3 is 15.3 Å². The monoisotopic (exact) mass is 333 g/mol. The van der Waals surface area contributed by atoms with E-state index in [9.17, 15) is 14.7 Å². The van der Waals surface area contributed by atoms with Gasteiger partial charge in [-0.25, -0.2) is 0 Å². The van der Waals surface area contributed by atoms with Gasteiger partial charge in [0.05, 0.1) is 11.8 Å². The molecule has 2 atom stereocenters. The highest BCUT2D eigenvalue weighted by atomic mass is 16.4. The summed E-state index contributed by atoms with van der Waals surface area (Å²) in [6.45, 7) is 8.68. The number of aliphatic carboxylic acids is 1. The Morgan fingerprint density at radius 2 is 2.04 bits per heavy atom. The lowest BCUT2D eigenvalue weighted by atomic mass is 9.86. The number of carboxylic acid groups (broad SMARTS) is 1. The first-order chi connectivity index (χ1) is 11.2.